The second-order valence-corrected chi connectivity index (χ2v) is 29.4. The van der Waals surface area contributed by atoms with Crippen LogP contribution in [0.15, 0.2) is 9.98 Å². The van der Waals surface area contributed by atoms with Gasteiger partial charge in [0.15, 0.2) is 11.9 Å². The lowest BCUT2D eigenvalue weighted by atomic mass is 10.0. The Bertz CT molecular complexity index is 3420. The quantitative estimate of drug-likeness (QED) is 0.00884. The number of aliphatic hydroxyl groups excluding tert-OH is 2. The smallest absolute Gasteiger partial charge is 0.469 e. The lowest BCUT2D eigenvalue weighted by molar-refractivity contribution is -0.143. The van der Waals surface area contributed by atoms with Crippen LogP contribution in [0.4, 0.5) is 4.79 Å². The molecule has 0 saturated carbocycles. The third-order valence-electron chi connectivity index (χ3n) is 17.0. The maximum atomic E-state index is 14.2. The number of nitrogens with one attached hydrogen (secondary N) is 14. The molecule has 3 saturated heterocycles. The molecule has 3 heterocycles. The van der Waals surface area contributed by atoms with E-state index < -0.39 is 227 Å². The number of phosphoric acid groups is 1. The first-order valence-electron chi connectivity index (χ1n) is 35.5. The molecule has 0 spiro atoms. The number of carbonyl (C=O) groups excluding carboxylic acids is 16. The van der Waals surface area contributed by atoms with Gasteiger partial charge in [0.1, 0.15) is 60.4 Å². The fraction of sp³-hybridized carbons (Fsp3) is 0.694. The first-order valence-corrected chi connectivity index (χ1v) is 38.0. The zero-order valence-corrected chi connectivity index (χ0v) is 63.5. The summed E-state index contributed by atoms with van der Waals surface area (Å²) in [6.45, 7) is 0.0627. The molecule has 0 bridgehead atoms. The minimum absolute atomic E-state index is 0.0161. The molecule has 13 atom stereocenters. The molecule has 0 unspecified atom stereocenters. The highest BCUT2D eigenvalue weighted by Crippen LogP contribution is 2.36. The lowest BCUT2D eigenvalue weighted by Crippen LogP contribution is -2.61. The van der Waals surface area contributed by atoms with E-state index in [1.54, 1.807) is 25.6 Å². The number of carboxylic acid groups (broad SMARTS) is 1. The molecule has 3 aliphatic heterocycles. The Hall–Kier alpha value is -10.3. The van der Waals surface area contributed by atoms with Gasteiger partial charge in [-0.2, -0.15) is 11.8 Å². The molecule has 111 heavy (non-hydrogen) atoms. The van der Waals surface area contributed by atoms with E-state index in [2.05, 4.69) is 88.9 Å². The molecular weight excluding hydrogens is 1510 g/mol. The first kappa shape index (κ1) is 94.9. The normalized spacial score (nSPS) is 18.1. The van der Waals surface area contributed by atoms with Crippen LogP contribution in [0.1, 0.15) is 118 Å². The summed E-state index contributed by atoms with van der Waals surface area (Å²) in [5.41, 5.74) is 32.4. The number of aliphatic hydroxyl groups is 2. The third-order valence-corrected chi connectivity index (χ3v) is 19.0. The predicted octanol–water partition coefficient (Wildman–Crippen LogP) is -11.5. The molecule has 0 radical (unpaired) electrons. The van der Waals surface area contributed by atoms with Crippen molar-refractivity contribution in [2.45, 2.75) is 195 Å². The highest BCUT2D eigenvalue weighted by atomic mass is 32.2. The topological polar surface area (TPSA) is 770 Å². The maximum absolute atomic E-state index is 14.2. The van der Waals surface area contributed by atoms with Gasteiger partial charge in [0.25, 0.3) is 0 Å². The second-order valence-electron chi connectivity index (χ2n) is 26.8. The molecule has 3 rings (SSSR count). The van der Waals surface area contributed by atoms with Gasteiger partial charge in [-0.15, -0.1) is 0 Å². The van der Waals surface area contributed by atoms with Gasteiger partial charge in [-0.05, 0) is 76.0 Å². The van der Waals surface area contributed by atoms with Gasteiger partial charge in [-0.1, -0.05) is 34.1 Å². The number of carboxylic acids is 1. The summed E-state index contributed by atoms with van der Waals surface area (Å²) in [5, 5.41) is 63.7. The van der Waals surface area contributed by atoms with Crippen LogP contribution in [0, 0.1) is 11.8 Å². The summed E-state index contributed by atoms with van der Waals surface area (Å²) in [7, 11) is -5.45. The van der Waals surface area contributed by atoms with Crippen LogP contribution in [0.5, 0.6) is 0 Å². The van der Waals surface area contributed by atoms with E-state index in [1.807, 2.05) is 0 Å². The molecule has 3 fully saturated rings. The van der Waals surface area contributed by atoms with Crippen LogP contribution in [0.25, 0.3) is 0 Å². The summed E-state index contributed by atoms with van der Waals surface area (Å²) in [5.74, 6) is -18.2. The van der Waals surface area contributed by atoms with Crippen LogP contribution in [-0.4, -0.2) is 285 Å². The number of rotatable bonds is 51. The molecule has 49 heteroatoms. The van der Waals surface area contributed by atoms with E-state index in [0.717, 1.165) is 17.1 Å². The number of hydrogen-bond acceptors (Lipinski definition) is 24. The molecule has 47 nitrogen and oxygen atoms in total. The number of fused-ring (bicyclic) bond motifs is 1. The van der Waals surface area contributed by atoms with Crippen LogP contribution >= 0.6 is 19.6 Å². The molecule has 0 aliphatic carbocycles. The number of likely N-dealkylation sites (tertiary alicyclic amines) is 1. The number of aliphatic imine (C=N–C) groups is 2. The molecule has 3 aliphatic rings. The van der Waals surface area contributed by atoms with Crippen LogP contribution in [-0.2, 0) is 85.8 Å². The number of phosphoric ester groups is 1. The SMILES string of the molecule is CC(C)C[C@H](NC(=O)[C@H](CO)NC(=O)[C@@H]1CCCN1C(=O)[C@H](COP(=O)(O)O)NC(=O)CNC(=O)[C@H](CC(N)=O)NC(=O)[C@H](CO)NC(=O)[C@@H](NC(=O)[C@H](CCCN=C(N)N)NC(=O)CNC(=O)CNC(=O)CCCC[C@@H]1SC[C@@H]2NC(=O)N[C@@H]21)C(C)C)C(=O)N[C@@H](CCC(=O)O)C(=O)N[C@@H](CCCN=C(N)N)C(N)=O. The van der Waals surface area contributed by atoms with Gasteiger partial charge in [0.2, 0.25) is 88.6 Å². The number of hydrogen-bond donors (Lipinski definition) is 25. The number of carbonyl (C=O) groups is 17. The van der Waals surface area contributed by atoms with E-state index in [1.165, 1.54) is 13.8 Å². The average molecular weight is 1620 g/mol. The second kappa shape index (κ2) is 47.7. The Kier molecular flexibility index (Phi) is 40.8. The molecule has 0 aromatic rings. The molecule has 17 amide bonds. The number of guanidine groups is 2. The number of aliphatic carboxylic acids is 1. The summed E-state index contributed by atoms with van der Waals surface area (Å²) in [6.07, 6.45) is -0.321. The third kappa shape index (κ3) is 35.5. The number of urea groups is 1. The number of thioether (sulfide) groups is 1. The molecule has 0 aromatic heterocycles. The lowest BCUT2D eigenvalue weighted by Gasteiger charge is -2.30. The Labute approximate surface area is 641 Å². The van der Waals surface area contributed by atoms with Crippen molar-refractivity contribution in [3.8, 4) is 0 Å². The number of amides is 17. The van der Waals surface area contributed by atoms with Crippen molar-refractivity contribution in [3.63, 3.8) is 0 Å². The van der Waals surface area contributed by atoms with E-state index in [4.69, 9.17) is 34.4 Å². The van der Waals surface area contributed by atoms with Gasteiger partial charge in [0.05, 0.1) is 58.0 Å². The Morgan fingerprint density at radius 2 is 1.09 bits per heavy atom. The summed E-state index contributed by atoms with van der Waals surface area (Å²) >= 11 is 1.74. The summed E-state index contributed by atoms with van der Waals surface area (Å²) in [6, 6.07) is -17.0. The van der Waals surface area contributed by atoms with Crippen molar-refractivity contribution in [2.75, 3.05) is 64.8 Å². The van der Waals surface area contributed by atoms with Crippen molar-refractivity contribution in [2.24, 2.45) is 56.2 Å². The van der Waals surface area contributed by atoms with Crippen LogP contribution < -0.4 is 109 Å². The predicted molar refractivity (Wildman–Crippen MR) is 391 cm³/mol. The van der Waals surface area contributed by atoms with E-state index in [0.29, 0.717) is 12.8 Å². The van der Waals surface area contributed by atoms with Gasteiger partial charge < -0.3 is 139 Å². The van der Waals surface area contributed by atoms with Crippen molar-refractivity contribution in [1.29, 1.82) is 0 Å². The number of nitrogens with zero attached hydrogens (tertiary/aromatic N) is 3. The van der Waals surface area contributed by atoms with Crippen molar-refractivity contribution < 1.29 is 116 Å². The van der Waals surface area contributed by atoms with Crippen LogP contribution in [0.3, 0.4) is 0 Å². The minimum Gasteiger partial charge on any atom is -0.481 e. The minimum atomic E-state index is -5.45. The molecule has 624 valence electrons. The average Bonchev–Trinajstić information content (AvgIpc) is 1.68. The summed E-state index contributed by atoms with van der Waals surface area (Å²) in [4.78, 5) is 251. The van der Waals surface area contributed by atoms with Gasteiger partial charge in [-0.3, -0.25) is 91.2 Å². The van der Waals surface area contributed by atoms with Gasteiger partial charge in [0, 0.05) is 43.5 Å². The summed E-state index contributed by atoms with van der Waals surface area (Å²) < 4.78 is 16.4. The standard InChI is InChI=1S/C62H106N23O24PS/c1-29(2)20-34(54(99)77-33(15-16-47(93)94)52(97)76-31(50(64)95)10-7-17-69-60(65)66)78-55(100)36(25-86)80-57(102)40-12-9-19-85(40)59(104)38(27-109-110(106,107)108)75-46(92)24-73-51(96)35(21-42(63)88)79-56(101)37(26-87)81-58(103)48(30(3)4)83-53(98)32(11-8-18-70-61(67)68)74-45(91)23-72-44(90)22-71-43(89)14-6-5-13-41-49-39(28-111-41)82-62(105)84-49/h29-41,48-49,86-87H,5-28H2,1-4H3,(H2,63,88)(H2,64,95)(H,71,89)(H,72,90)(H,73,96)(H,74,91)(H,75,92)(H,76,97)(H,77,99)(H,78,100)(H,79,101)(H,80,102)(H,81,103)(H,83,98)(H,93,94)(H4,65,66,69)(H4,67,68,70)(H2,82,84,105)(H2,106,107,108)/t31-,32-,33-,34-,35-,36-,37-,38-,39-,40-,41-,48-,49-/m0/s1. The van der Waals surface area contributed by atoms with Gasteiger partial charge in [-0.25, -0.2) is 9.36 Å². The number of primary amides is 2. The zero-order chi connectivity index (χ0) is 83.4. The van der Waals surface area contributed by atoms with E-state index in [9.17, 15) is 111 Å². The Morgan fingerprint density at radius 1 is 0.577 bits per heavy atom. The highest BCUT2D eigenvalue weighted by Gasteiger charge is 2.44. The van der Waals surface area contributed by atoms with Gasteiger partial charge >= 0.3 is 19.8 Å². The van der Waals surface area contributed by atoms with Crippen molar-refractivity contribution >= 4 is 132 Å². The molecular formula is C62H106N23O24PS. The molecule has 0 aromatic carbocycles. The fourth-order valence-electron chi connectivity index (χ4n) is 11.4. The Morgan fingerprint density at radius 3 is 1.66 bits per heavy atom. The number of nitrogens with two attached hydrogens (primary N) is 6. The largest absolute Gasteiger partial charge is 0.481 e. The monoisotopic (exact) mass is 1620 g/mol. The van der Waals surface area contributed by atoms with E-state index in [-0.39, 0.29) is 112 Å². The van der Waals surface area contributed by atoms with Crippen molar-refractivity contribution in [1.82, 2.24) is 79.3 Å². The highest BCUT2D eigenvalue weighted by molar-refractivity contribution is 8.00. The zero-order valence-electron chi connectivity index (χ0n) is 61.8. The van der Waals surface area contributed by atoms with Crippen molar-refractivity contribution in [3.05, 3.63) is 0 Å². The maximum Gasteiger partial charge on any atom is 0.469 e. The fourth-order valence-corrected chi connectivity index (χ4v) is 13.3. The van der Waals surface area contributed by atoms with Crippen LogP contribution in [0.2, 0.25) is 0 Å². The van der Waals surface area contributed by atoms with E-state index >= 15 is 0 Å². The first-order chi connectivity index (χ1) is 52.1. The number of unbranched alkanes of at least 4 members (excludes halogenated alkanes) is 1. The molecule has 31 N–H and O–H groups in total. The Balaban J connectivity index is 1.67.